The Morgan fingerprint density at radius 2 is 2.06 bits per heavy atom. The van der Waals surface area contributed by atoms with Crippen molar-refractivity contribution in [2.24, 2.45) is 0 Å². The van der Waals surface area contributed by atoms with Crippen LogP contribution in [0, 0.1) is 5.82 Å². The fraction of sp³-hybridized carbons (Fsp3) is 0.538. The van der Waals surface area contributed by atoms with E-state index in [1.54, 1.807) is 0 Å². The van der Waals surface area contributed by atoms with Gasteiger partial charge in [0.25, 0.3) is 0 Å². The largest absolute Gasteiger partial charge is 0.492 e. The zero-order valence-electron chi connectivity index (χ0n) is 10.6. The summed E-state index contributed by atoms with van der Waals surface area (Å²) >= 11 is 5.98. The van der Waals surface area contributed by atoms with Gasteiger partial charge in [0.2, 0.25) is 0 Å². The number of halogens is 2. The number of ether oxygens (including phenoxy) is 1. The number of aryl methyl sites for hydroxylation is 1. The van der Waals surface area contributed by atoms with Gasteiger partial charge in [-0.2, -0.15) is 0 Å². The monoisotopic (exact) mass is 259 g/mol. The van der Waals surface area contributed by atoms with Crippen LogP contribution in [-0.2, 0) is 6.42 Å². The van der Waals surface area contributed by atoms with Crippen molar-refractivity contribution in [2.45, 2.75) is 19.8 Å². The van der Waals surface area contributed by atoms with Crippen molar-refractivity contribution in [1.82, 2.24) is 4.90 Å². The van der Waals surface area contributed by atoms with E-state index in [4.69, 9.17) is 16.3 Å². The lowest BCUT2D eigenvalue weighted by Crippen LogP contribution is -2.13. The van der Waals surface area contributed by atoms with Gasteiger partial charge >= 0.3 is 0 Å². The first-order valence-electron chi connectivity index (χ1n) is 5.80. The van der Waals surface area contributed by atoms with Crippen molar-refractivity contribution in [1.29, 1.82) is 0 Å². The van der Waals surface area contributed by atoms with Crippen LogP contribution >= 0.6 is 11.6 Å². The molecule has 0 spiro atoms. The third-order valence-electron chi connectivity index (χ3n) is 2.43. The fourth-order valence-electron chi connectivity index (χ4n) is 1.69. The molecule has 1 rings (SSSR count). The Morgan fingerprint density at radius 1 is 1.35 bits per heavy atom. The van der Waals surface area contributed by atoms with Crippen molar-refractivity contribution < 1.29 is 9.13 Å². The average Bonchev–Trinajstić information content (AvgIpc) is 2.22. The second kappa shape index (κ2) is 6.82. The van der Waals surface area contributed by atoms with Gasteiger partial charge in [0.05, 0.1) is 11.6 Å². The van der Waals surface area contributed by atoms with E-state index < -0.39 is 0 Å². The fourth-order valence-corrected chi connectivity index (χ4v) is 1.97. The molecule has 0 bridgehead atoms. The van der Waals surface area contributed by atoms with Gasteiger partial charge in [0.15, 0.2) is 0 Å². The molecule has 0 fully saturated rings. The Balaban J connectivity index is 2.80. The van der Waals surface area contributed by atoms with Gasteiger partial charge in [0, 0.05) is 0 Å². The zero-order chi connectivity index (χ0) is 12.8. The van der Waals surface area contributed by atoms with E-state index in [-0.39, 0.29) is 5.82 Å². The minimum atomic E-state index is -0.307. The van der Waals surface area contributed by atoms with E-state index in [0.29, 0.717) is 17.4 Å². The standard InChI is InChI=1S/C13H19ClFNO/c1-4-17-13-10(6-5-7-16(2)3)8-11(15)9-12(13)14/h8-9H,4-7H2,1-3H3. The lowest BCUT2D eigenvalue weighted by atomic mass is 10.1. The summed E-state index contributed by atoms with van der Waals surface area (Å²) in [7, 11) is 4.03. The van der Waals surface area contributed by atoms with E-state index in [2.05, 4.69) is 4.90 Å². The molecule has 4 heteroatoms. The molecule has 0 aliphatic heterocycles. The Kier molecular flexibility index (Phi) is 5.72. The van der Waals surface area contributed by atoms with Gasteiger partial charge in [-0.25, -0.2) is 4.39 Å². The van der Waals surface area contributed by atoms with E-state index in [1.165, 1.54) is 12.1 Å². The molecular weight excluding hydrogens is 241 g/mol. The predicted molar refractivity (Wildman–Crippen MR) is 69.5 cm³/mol. The summed E-state index contributed by atoms with van der Waals surface area (Å²) in [6.07, 6.45) is 1.72. The van der Waals surface area contributed by atoms with Gasteiger partial charge < -0.3 is 9.64 Å². The zero-order valence-corrected chi connectivity index (χ0v) is 11.4. The summed E-state index contributed by atoms with van der Waals surface area (Å²) in [6, 6.07) is 2.80. The molecule has 0 N–H and O–H groups in total. The van der Waals surface area contributed by atoms with Crippen molar-refractivity contribution in [3.05, 3.63) is 28.5 Å². The first-order chi connectivity index (χ1) is 8.04. The number of benzene rings is 1. The summed E-state index contributed by atoms with van der Waals surface area (Å²) in [5.41, 5.74) is 0.846. The van der Waals surface area contributed by atoms with Crippen LogP contribution in [0.2, 0.25) is 5.02 Å². The maximum absolute atomic E-state index is 13.3. The minimum Gasteiger partial charge on any atom is -0.492 e. The van der Waals surface area contributed by atoms with Gasteiger partial charge in [-0.15, -0.1) is 0 Å². The van der Waals surface area contributed by atoms with Crippen molar-refractivity contribution in [3.8, 4) is 5.75 Å². The van der Waals surface area contributed by atoms with Gasteiger partial charge in [-0.05, 0) is 58.1 Å². The van der Waals surface area contributed by atoms with Gasteiger partial charge in [-0.3, -0.25) is 0 Å². The lowest BCUT2D eigenvalue weighted by Gasteiger charge is -2.14. The second-order valence-electron chi connectivity index (χ2n) is 4.22. The van der Waals surface area contributed by atoms with Crippen LogP contribution in [-0.4, -0.2) is 32.1 Å². The third-order valence-corrected chi connectivity index (χ3v) is 2.71. The molecule has 0 saturated heterocycles. The molecule has 17 heavy (non-hydrogen) atoms. The Bertz CT molecular complexity index is 369. The van der Waals surface area contributed by atoms with E-state index >= 15 is 0 Å². The van der Waals surface area contributed by atoms with E-state index in [1.807, 2.05) is 21.0 Å². The summed E-state index contributed by atoms with van der Waals surface area (Å²) in [4.78, 5) is 2.10. The van der Waals surface area contributed by atoms with Crippen LogP contribution in [0.4, 0.5) is 4.39 Å². The Hall–Kier alpha value is -0.800. The van der Waals surface area contributed by atoms with Crippen LogP contribution < -0.4 is 4.74 Å². The maximum atomic E-state index is 13.3. The molecule has 0 aromatic heterocycles. The summed E-state index contributed by atoms with van der Waals surface area (Å²) in [5, 5.41) is 0.353. The quantitative estimate of drug-likeness (QED) is 0.777. The summed E-state index contributed by atoms with van der Waals surface area (Å²) in [5.74, 6) is 0.313. The van der Waals surface area contributed by atoms with Crippen molar-refractivity contribution in [3.63, 3.8) is 0 Å². The highest BCUT2D eigenvalue weighted by Crippen LogP contribution is 2.31. The van der Waals surface area contributed by atoms with Crippen LogP contribution in [0.15, 0.2) is 12.1 Å². The Morgan fingerprint density at radius 3 is 2.65 bits per heavy atom. The highest BCUT2D eigenvalue weighted by Gasteiger charge is 2.11. The molecular formula is C13H19ClFNO. The number of nitrogens with zero attached hydrogens (tertiary/aromatic N) is 1. The maximum Gasteiger partial charge on any atom is 0.141 e. The van der Waals surface area contributed by atoms with Gasteiger partial charge in [-0.1, -0.05) is 11.6 Å². The molecule has 0 aliphatic rings. The smallest absolute Gasteiger partial charge is 0.141 e. The molecule has 1 aromatic rings. The highest BCUT2D eigenvalue weighted by molar-refractivity contribution is 6.32. The van der Waals surface area contributed by atoms with E-state index in [9.17, 15) is 4.39 Å². The van der Waals surface area contributed by atoms with Crippen molar-refractivity contribution in [2.75, 3.05) is 27.2 Å². The molecule has 0 saturated carbocycles. The Labute approximate surface area is 107 Å². The molecule has 0 unspecified atom stereocenters. The SMILES string of the molecule is CCOc1c(Cl)cc(F)cc1CCCN(C)C. The average molecular weight is 260 g/mol. The number of rotatable bonds is 6. The predicted octanol–water partition coefficient (Wildman–Crippen LogP) is 3.37. The van der Waals surface area contributed by atoms with Crippen LogP contribution in [0.25, 0.3) is 0 Å². The van der Waals surface area contributed by atoms with E-state index in [0.717, 1.165) is 24.9 Å². The molecule has 2 nitrogen and oxygen atoms in total. The summed E-state index contributed by atoms with van der Waals surface area (Å²) < 4.78 is 18.8. The minimum absolute atomic E-state index is 0.307. The first kappa shape index (κ1) is 14.3. The normalized spacial score (nSPS) is 10.9. The van der Waals surface area contributed by atoms with Crippen LogP contribution in [0.5, 0.6) is 5.75 Å². The molecule has 0 radical (unpaired) electrons. The molecule has 96 valence electrons. The highest BCUT2D eigenvalue weighted by atomic mass is 35.5. The van der Waals surface area contributed by atoms with Crippen LogP contribution in [0.3, 0.4) is 0 Å². The lowest BCUT2D eigenvalue weighted by molar-refractivity contribution is 0.334. The molecule has 0 aliphatic carbocycles. The van der Waals surface area contributed by atoms with Crippen LogP contribution in [0.1, 0.15) is 18.9 Å². The molecule has 0 atom stereocenters. The van der Waals surface area contributed by atoms with Crippen molar-refractivity contribution >= 4 is 11.6 Å². The molecule has 0 heterocycles. The molecule has 1 aromatic carbocycles. The molecule has 0 amide bonds. The third kappa shape index (κ3) is 4.52. The topological polar surface area (TPSA) is 12.5 Å². The van der Waals surface area contributed by atoms with Gasteiger partial charge in [0.1, 0.15) is 11.6 Å². The number of hydrogen-bond donors (Lipinski definition) is 0. The number of hydrogen-bond acceptors (Lipinski definition) is 2. The second-order valence-corrected chi connectivity index (χ2v) is 4.62. The summed E-state index contributed by atoms with van der Waals surface area (Å²) in [6.45, 7) is 3.38. The first-order valence-corrected chi connectivity index (χ1v) is 6.17.